The van der Waals surface area contributed by atoms with Gasteiger partial charge in [-0.2, -0.15) is 0 Å². The molecule has 0 heterocycles. The number of halogens is 3. The van der Waals surface area contributed by atoms with Crippen LogP contribution in [-0.2, 0) is 0 Å². The second kappa shape index (κ2) is 5.84. The summed E-state index contributed by atoms with van der Waals surface area (Å²) in [5.41, 5.74) is 10.7. The van der Waals surface area contributed by atoms with Crippen LogP contribution < -0.4 is 5.73 Å². The van der Waals surface area contributed by atoms with E-state index in [0.29, 0.717) is 10.0 Å². The molecule has 2 N–H and O–H groups in total. The number of rotatable bonds is 2. The predicted molar refractivity (Wildman–Crippen MR) is 86.1 cm³/mol. The van der Waals surface area contributed by atoms with Gasteiger partial charge in [-0.05, 0) is 48.2 Å². The molecule has 0 amide bonds. The van der Waals surface area contributed by atoms with Crippen molar-refractivity contribution in [2.24, 2.45) is 5.73 Å². The van der Waals surface area contributed by atoms with Gasteiger partial charge in [-0.15, -0.1) is 0 Å². The van der Waals surface area contributed by atoms with Gasteiger partial charge in [0.15, 0.2) is 0 Å². The fourth-order valence-corrected chi connectivity index (χ4v) is 2.59. The van der Waals surface area contributed by atoms with Gasteiger partial charge < -0.3 is 5.73 Å². The van der Waals surface area contributed by atoms with Gasteiger partial charge in [0, 0.05) is 4.47 Å². The average Bonchev–Trinajstić information content (AvgIpc) is 2.37. The molecule has 0 fully saturated rings. The Morgan fingerprint density at radius 3 is 2.05 bits per heavy atom. The molecule has 0 bridgehead atoms. The summed E-state index contributed by atoms with van der Waals surface area (Å²) < 4.78 is 1.12. The van der Waals surface area contributed by atoms with E-state index in [9.17, 15) is 0 Å². The van der Waals surface area contributed by atoms with Gasteiger partial charge in [0.05, 0.1) is 16.1 Å². The van der Waals surface area contributed by atoms with Crippen LogP contribution >= 0.6 is 39.1 Å². The number of aryl methyl sites for hydroxylation is 2. The summed E-state index contributed by atoms with van der Waals surface area (Å²) in [5, 5.41) is 1.07. The first-order valence-electron chi connectivity index (χ1n) is 5.87. The Bertz CT molecular complexity index is 603. The fourth-order valence-electron chi connectivity index (χ4n) is 2.06. The molecule has 2 aromatic rings. The molecule has 2 rings (SSSR count). The van der Waals surface area contributed by atoms with Crippen LogP contribution in [0.2, 0.25) is 10.0 Å². The fraction of sp³-hybridized carbons (Fsp3) is 0.200. The van der Waals surface area contributed by atoms with Crippen molar-refractivity contribution in [3.63, 3.8) is 0 Å². The first-order valence-corrected chi connectivity index (χ1v) is 7.42. The number of hydrogen-bond acceptors (Lipinski definition) is 1. The van der Waals surface area contributed by atoms with Gasteiger partial charge in [0.2, 0.25) is 0 Å². The van der Waals surface area contributed by atoms with Crippen molar-refractivity contribution in [2.45, 2.75) is 19.9 Å². The lowest BCUT2D eigenvalue weighted by atomic mass is 9.96. The van der Waals surface area contributed by atoms with Crippen LogP contribution in [0.25, 0.3) is 0 Å². The highest BCUT2D eigenvalue weighted by molar-refractivity contribution is 9.10. The summed E-state index contributed by atoms with van der Waals surface area (Å²) in [6, 6.07) is 9.47. The molecule has 0 aliphatic carbocycles. The molecule has 0 spiro atoms. The van der Waals surface area contributed by atoms with E-state index in [1.54, 1.807) is 6.07 Å². The third-order valence-corrected chi connectivity index (χ3v) is 5.11. The predicted octanol–water partition coefficient (Wildman–Crippen LogP) is 5.42. The second-order valence-electron chi connectivity index (χ2n) is 4.62. The Labute approximate surface area is 131 Å². The topological polar surface area (TPSA) is 26.0 Å². The Morgan fingerprint density at radius 1 is 0.947 bits per heavy atom. The summed E-state index contributed by atoms with van der Waals surface area (Å²) in [6.07, 6.45) is 0. The maximum absolute atomic E-state index is 6.31. The molecule has 0 saturated heterocycles. The number of benzene rings is 2. The van der Waals surface area contributed by atoms with Crippen molar-refractivity contribution in [1.82, 2.24) is 0 Å². The monoisotopic (exact) mass is 357 g/mol. The molecule has 100 valence electrons. The molecule has 0 aromatic heterocycles. The second-order valence-corrected chi connectivity index (χ2v) is 6.23. The van der Waals surface area contributed by atoms with Crippen LogP contribution in [-0.4, -0.2) is 0 Å². The summed E-state index contributed by atoms with van der Waals surface area (Å²) in [4.78, 5) is 0. The third-order valence-electron chi connectivity index (χ3n) is 3.12. The van der Waals surface area contributed by atoms with Crippen LogP contribution in [0.1, 0.15) is 28.3 Å². The molecule has 0 radical (unpaired) electrons. The first kappa shape index (κ1) is 14.9. The summed E-state index contributed by atoms with van der Waals surface area (Å²) in [5.74, 6) is 0. The Balaban J connectivity index is 2.43. The lowest BCUT2D eigenvalue weighted by molar-refractivity contribution is 0.867. The molecule has 2 aromatic carbocycles. The van der Waals surface area contributed by atoms with Gasteiger partial charge in [0.1, 0.15) is 0 Å². The molecule has 0 aliphatic rings. The maximum Gasteiger partial charge on any atom is 0.0595 e. The zero-order chi connectivity index (χ0) is 14.2. The van der Waals surface area contributed by atoms with Gasteiger partial charge in [-0.25, -0.2) is 0 Å². The molecule has 0 saturated carbocycles. The standard InChI is InChI=1S/C15H14BrCl2N/c1-8-5-11(6-9(2)14(8)16)15(19)10-3-4-12(17)13(18)7-10/h3-7,15H,19H2,1-2H3. The lowest BCUT2D eigenvalue weighted by Gasteiger charge is -2.16. The Hall–Kier alpha value is -0.540. The van der Waals surface area contributed by atoms with E-state index in [1.807, 2.05) is 12.1 Å². The zero-order valence-corrected chi connectivity index (χ0v) is 13.8. The minimum Gasteiger partial charge on any atom is -0.320 e. The van der Waals surface area contributed by atoms with Crippen molar-refractivity contribution in [1.29, 1.82) is 0 Å². The molecule has 1 nitrogen and oxygen atoms in total. The van der Waals surface area contributed by atoms with Gasteiger partial charge >= 0.3 is 0 Å². The zero-order valence-electron chi connectivity index (χ0n) is 10.7. The van der Waals surface area contributed by atoms with E-state index >= 15 is 0 Å². The minimum absolute atomic E-state index is 0.208. The minimum atomic E-state index is -0.208. The highest BCUT2D eigenvalue weighted by atomic mass is 79.9. The van der Waals surface area contributed by atoms with Crippen LogP contribution in [0.3, 0.4) is 0 Å². The summed E-state index contributed by atoms with van der Waals surface area (Å²) >= 11 is 15.5. The molecule has 4 heteroatoms. The maximum atomic E-state index is 6.31. The van der Waals surface area contributed by atoms with Gasteiger partial charge in [-0.3, -0.25) is 0 Å². The molecular weight excluding hydrogens is 345 g/mol. The highest BCUT2D eigenvalue weighted by Crippen LogP contribution is 2.30. The van der Waals surface area contributed by atoms with Crippen molar-refractivity contribution in [2.75, 3.05) is 0 Å². The normalized spacial score (nSPS) is 12.5. The van der Waals surface area contributed by atoms with E-state index in [-0.39, 0.29) is 6.04 Å². The van der Waals surface area contributed by atoms with Crippen molar-refractivity contribution >= 4 is 39.1 Å². The highest BCUT2D eigenvalue weighted by Gasteiger charge is 2.13. The van der Waals surface area contributed by atoms with Crippen LogP contribution in [0.15, 0.2) is 34.8 Å². The molecule has 1 atom stereocenters. The van der Waals surface area contributed by atoms with E-state index in [2.05, 4.69) is 41.9 Å². The SMILES string of the molecule is Cc1cc(C(N)c2ccc(Cl)c(Cl)c2)cc(C)c1Br. The molecule has 19 heavy (non-hydrogen) atoms. The van der Waals surface area contributed by atoms with Crippen molar-refractivity contribution < 1.29 is 0 Å². The van der Waals surface area contributed by atoms with Crippen LogP contribution in [0.4, 0.5) is 0 Å². The van der Waals surface area contributed by atoms with E-state index in [4.69, 9.17) is 28.9 Å². The Morgan fingerprint density at radius 2 is 1.53 bits per heavy atom. The average molecular weight is 359 g/mol. The summed E-state index contributed by atoms with van der Waals surface area (Å²) in [7, 11) is 0. The van der Waals surface area contributed by atoms with E-state index < -0.39 is 0 Å². The first-order chi connectivity index (χ1) is 8.90. The van der Waals surface area contributed by atoms with Gasteiger partial charge in [-0.1, -0.05) is 57.3 Å². The van der Waals surface area contributed by atoms with Gasteiger partial charge in [0.25, 0.3) is 0 Å². The lowest BCUT2D eigenvalue weighted by Crippen LogP contribution is -2.12. The quantitative estimate of drug-likeness (QED) is 0.761. The van der Waals surface area contributed by atoms with Crippen molar-refractivity contribution in [3.05, 3.63) is 67.1 Å². The molecule has 1 unspecified atom stereocenters. The largest absolute Gasteiger partial charge is 0.320 e. The molecular formula is C15H14BrCl2N. The van der Waals surface area contributed by atoms with Crippen LogP contribution in [0.5, 0.6) is 0 Å². The van der Waals surface area contributed by atoms with Crippen molar-refractivity contribution in [3.8, 4) is 0 Å². The summed E-state index contributed by atoms with van der Waals surface area (Å²) in [6.45, 7) is 4.12. The van der Waals surface area contributed by atoms with E-state index in [1.165, 1.54) is 11.1 Å². The number of nitrogens with two attached hydrogens (primary N) is 1. The van der Waals surface area contributed by atoms with Crippen LogP contribution in [0, 0.1) is 13.8 Å². The third kappa shape index (κ3) is 3.14. The smallest absolute Gasteiger partial charge is 0.0595 e. The van der Waals surface area contributed by atoms with E-state index in [0.717, 1.165) is 15.6 Å². The number of hydrogen-bond donors (Lipinski definition) is 1. The Kier molecular flexibility index (Phi) is 4.57. The molecule has 0 aliphatic heterocycles.